The molecular weight excluding hydrogens is 294 g/mol. The monoisotopic (exact) mass is 321 g/mol. The molecule has 1 aromatic rings. The van der Waals surface area contributed by atoms with Gasteiger partial charge in [0.2, 0.25) is 9.84 Å². The van der Waals surface area contributed by atoms with Crippen molar-refractivity contribution in [2.45, 2.75) is 45.9 Å². The topological polar surface area (TPSA) is 37.4 Å². The largest absolute Gasteiger partial charge is 0.376 e. The fourth-order valence-electron chi connectivity index (χ4n) is 3.64. The van der Waals surface area contributed by atoms with Gasteiger partial charge in [-0.05, 0) is 36.3 Å². The van der Waals surface area contributed by atoms with E-state index in [1.165, 1.54) is 5.41 Å². The minimum absolute atomic E-state index is 0.194. The summed E-state index contributed by atoms with van der Waals surface area (Å²) in [5.41, 5.74) is 1.45. The van der Waals surface area contributed by atoms with Gasteiger partial charge in [-0.3, -0.25) is 0 Å². The molecule has 0 aliphatic carbocycles. The fraction of sp³-hybridized carbons (Fsp3) is 0.556. The van der Waals surface area contributed by atoms with Gasteiger partial charge in [0.1, 0.15) is 0 Å². The van der Waals surface area contributed by atoms with E-state index >= 15 is 0 Å². The van der Waals surface area contributed by atoms with Crippen LogP contribution >= 0.6 is 0 Å². The van der Waals surface area contributed by atoms with Gasteiger partial charge in [-0.2, -0.15) is 0 Å². The first kappa shape index (κ1) is 17.1. The summed E-state index contributed by atoms with van der Waals surface area (Å²) in [7, 11) is -3.37. The average Bonchev–Trinajstić information content (AvgIpc) is 2.33. The number of aryl methyl sites for hydroxylation is 1. The van der Waals surface area contributed by atoms with Crippen LogP contribution < -0.4 is 0 Å². The Kier molecular flexibility index (Phi) is 4.44. The molecule has 0 atom stereocenters. The lowest BCUT2D eigenvalue weighted by atomic mass is 9.71. The molecule has 0 bridgehead atoms. The molecule has 4 heteroatoms. The zero-order valence-electron chi connectivity index (χ0n) is 14.3. The quantitative estimate of drug-likeness (QED) is 0.844. The third-order valence-electron chi connectivity index (χ3n) is 4.02. The molecule has 1 saturated heterocycles. The third-order valence-corrected chi connectivity index (χ3v) is 5.43. The second-order valence-electron chi connectivity index (χ2n) is 8.05. The van der Waals surface area contributed by atoms with Gasteiger partial charge in [0, 0.05) is 19.3 Å². The Balaban J connectivity index is 2.18. The lowest BCUT2D eigenvalue weighted by Crippen LogP contribution is -2.46. The van der Waals surface area contributed by atoms with Crippen molar-refractivity contribution in [1.29, 1.82) is 0 Å². The molecule has 0 amide bonds. The molecule has 122 valence electrons. The van der Waals surface area contributed by atoms with E-state index in [1.807, 2.05) is 19.1 Å². The van der Waals surface area contributed by atoms with Crippen LogP contribution in [0, 0.1) is 17.8 Å². The molecular formula is C18H27NO2S. The lowest BCUT2D eigenvalue weighted by Gasteiger charge is -2.46. The summed E-state index contributed by atoms with van der Waals surface area (Å²) in [6, 6.07) is 6.99. The fourth-order valence-corrected chi connectivity index (χ4v) is 4.65. The molecule has 2 rings (SSSR count). The summed E-state index contributed by atoms with van der Waals surface area (Å²) in [4.78, 5) is 2.49. The van der Waals surface area contributed by atoms with Crippen LogP contribution in [0.25, 0.3) is 0 Å². The zero-order valence-corrected chi connectivity index (χ0v) is 15.1. The van der Waals surface area contributed by atoms with Gasteiger partial charge in [0.25, 0.3) is 0 Å². The Labute approximate surface area is 135 Å². The highest BCUT2D eigenvalue weighted by Gasteiger charge is 2.36. The van der Waals surface area contributed by atoms with E-state index in [0.29, 0.717) is 4.90 Å². The summed E-state index contributed by atoms with van der Waals surface area (Å²) in [5.74, 6) is 0. The van der Waals surface area contributed by atoms with Crippen molar-refractivity contribution in [3.8, 4) is 0 Å². The van der Waals surface area contributed by atoms with Crippen LogP contribution in [-0.4, -0.2) is 26.4 Å². The summed E-state index contributed by atoms with van der Waals surface area (Å²) in [6.07, 6.45) is 2.90. The molecule has 1 aromatic carbocycles. The first-order valence-corrected chi connectivity index (χ1v) is 9.28. The number of hydrogen-bond donors (Lipinski definition) is 0. The average molecular weight is 321 g/mol. The van der Waals surface area contributed by atoms with Crippen LogP contribution in [0.4, 0.5) is 0 Å². The van der Waals surface area contributed by atoms with Gasteiger partial charge >= 0.3 is 0 Å². The molecule has 0 N–H and O–H groups in total. The van der Waals surface area contributed by atoms with Crippen LogP contribution in [0.3, 0.4) is 0 Å². The maximum Gasteiger partial charge on any atom is 0.201 e. The number of likely N-dealkylation sites (tertiary alicyclic amines) is 1. The highest BCUT2D eigenvalue weighted by atomic mass is 32.2. The number of piperidine rings is 1. The van der Waals surface area contributed by atoms with Crippen LogP contribution in [0.5, 0.6) is 0 Å². The van der Waals surface area contributed by atoms with E-state index in [1.54, 1.807) is 18.3 Å². The van der Waals surface area contributed by atoms with Crippen LogP contribution in [-0.2, 0) is 9.84 Å². The number of nitrogens with zero attached hydrogens (tertiary/aromatic N) is 1. The van der Waals surface area contributed by atoms with Crippen molar-refractivity contribution >= 4 is 9.84 Å². The summed E-state index contributed by atoms with van der Waals surface area (Å²) < 4.78 is 24.8. The Bertz CT molecular complexity index is 639. The van der Waals surface area contributed by atoms with Gasteiger partial charge in [-0.25, -0.2) is 8.42 Å². The normalized spacial score (nSPS) is 21.2. The van der Waals surface area contributed by atoms with Crippen LogP contribution in [0.15, 0.2) is 40.8 Å². The van der Waals surface area contributed by atoms with Crippen molar-refractivity contribution < 1.29 is 8.42 Å². The molecule has 1 heterocycles. The van der Waals surface area contributed by atoms with E-state index in [-0.39, 0.29) is 10.8 Å². The van der Waals surface area contributed by atoms with Gasteiger partial charge in [0.15, 0.2) is 0 Å². The van der Waals surface area contributed by atoms with E-state index in [2.05, 4.69) is 32.6 Å². The first-order chi connectivity index (χ1) is 9.99. The summed E-state index contributed by atoms with van der Waals surface area (Å²) in [6.45, 7) is 12.7. The summed E-state index contributed by atoms with van der Waals surface area (Å²) in [5, 5.41) is 1.34. The molecule has 1 aliphatic rings. The minimum Gasteiger partial charge on any atom is -0.376 e. The number of sulfone groups is 1. The van der Waals surface area contributed by atoms with E-state index in [0.717, 1.165) is 25.1 Å². The van der Waals surface area contributed by atoms with Crippen molar-refractivity contribution in [1.82, 2.24) is 4.90 Å². The molecule has 1 fully saturated rings. The maximum atomic E-state index is 12.4. The van der Waals surface area contributed by atoms with Crippen molar-refractivity contribution in [3.05, 3.63) is 41.4 Å². The van der Waals surface area contributed by atoms with E-state index < -0.39 is 9.84 Å². The molecule has 1 aliphatic heterocycles. The molecule has 0 radical (unpaired) electrons. The van der Waals surface area contributed by atoms with Gasteiger partial charge < -0.3 is 4.90 Å². The number of hydrogen-bond acceptors (Lipinski definition) is 3. The van der Waals surface area contributed by atoms with Crippen molar-refractivity contribution in [2.75, 3.05) is 13.1 Å². The Morgan fingerprint density at radius 1 is 1.00 bits per heavy atom. The minimum atomic E-state index is -3.37. The second-order valence-corrected chi connectivity index (χ2v) is 9.89. The molecule has 22 heavy (non-hydrogen) atoms. The van der Waals surface area contributed by atoms with E-state index in [4.69, 9.17) is 0 Å². The third kappa shape index (κ3) is 4.35. The maximum absolute atomic E-state index is 12.4. The van der Waals surface area contributed by atoms with Crippen molar-refractivity contribution in [2.24, 2.45) is 10.8 Å². The van der Waals surface area contributed by atoms with Gasteiger partial charge in [0.05, 0.1) is 10.3 Å². The summed E-state index contributed by atoms with van der Waals surface area (Å²) >= 11 is 0. The smallest absolute Gasteiger partial charge is 0.201 e. The first-order valence-electron chi connectivity index (χ1n) is 7.73. The molecule has 0 unspecified atom stereocenters. The molecule has 0 aromatic heterocycles. The highest BCUT2D eigenvalue weighted by molar-refractivity contribution is 7.94. The zero-order chi connectivity index (χ0) is 16.6. The lowest BCUT2D eigenvalue weighted by molar-refractivity contribution is 0.0574. The highest BCUT2D eigenvalue weighted by Crippen LogP contribution is 2.39. The predicted octanol–water partition coefficient (Wildman–Crippen LogP) is 4.00. The molecule has 0 spiro atoms. The van der Waals surface area contributed by atoms with Crippen molar-refractivity contribution in [3.63, 3.8) is 0 Å². The SMILES string of the molecule is Cc1ccc(S(=O)(=O)/C=C/N2CC(C)(C)CC(C)(C)C2)cc1. The number of rotatable bonds is 3. The van der Waals surface area contributed by atoms with Crippen LogP contribution in [0.1, 0.15) is 39.7 Å². The van der Waals surface area contributed by atoms with Gasteiger partial charge in [-0.1, -0.05) is 45.4 Å². The molecule has 3 nitrogen and oxygen atoms in total. The van der Waals surface area contributed by atoms with E-state index in [9.17, 15) is 8.42 Å². The van der Waals surface area contributed by atoms with Gasteiger partial charge in [-0.15, -0.1) is 0 Å². The second kappa shape index (κ2) is 5.73. The Morgan fingerprint density at radius 2 is 1.50 bits per heavy atom. The molecule has 0 saturated carbocycles. The van der Waals surface area contributed by atoms with Crippen LogP contribution in [0.2, 0.25) is 0 Å². The number of benzene rings is 1. The standard InChI is InChI=1S/C18H27NO2S/c1-15-6-8-16(9-7-15)22(20,21)11-10-19-13-17(2,3)12-18(4,5)14-19/h6-11H,12-14H2,1-5H3/b11-10+. The predicted molar refractivity (Wildman–Crippen MR) is 91.3 cm³/mol. The Morgan fingerprint density at radius 3 is 2.00 bits per heavy atom. The Hall–Kier alpha value is -1.29.